The van der Waals surface area contributed by atoms with Crippen LogP contribution < -0.4 is 20.7 Å². The minimum atomic E-state index is -0.668. The Labute approximate surface area is 227 Å². The van der Waals surface area contributed by atoms with E-state index in [1.165, 1.54) is 24.3 Å². The Kier molecular flexibility index (Phi) is 10.3. The fourth-order valence-corrected chi connectivity index (χ4v) is 4.22. The largest absolute Gasteiger partial charge is 0.444 e. The number of ether oxygens (including phenoxy) is 2. The number of nitrogens with zero attached hydrogens (tertiary/aromatic N) is 1. The third-order valence-corrected chi connectivity index (χ3v) is 6.22. The summed E-state index contributed by atoms with van der Waals surface area (Å²) in [5.41, 5.74) is -0.644. The molecular formula is C28H36F2N4O5. The second-order valence-electron chi connectivity index (χ2n) is 10.7. The van der Waals surface area contributed by atoms with Crippen molar-refractivity contribution in [1.82, 2.24) is 20.9 Å². The van der Waals surface area contributed by atoms with Crippen LogP contribution in [-0.4, -0.2) is 53.5 Å². The maximum absolute atomic E-state index is 13.9. The molecule has 3 N–H and O–H groups in total. The molecule has 1 aromatic heterocycles. The fraction of sp³-hybridized carbons (Fsp3) is 0.500. The molecule has 1 heterocycles. The summed E-state index contributed by atoms with van der Waals surface area (Å²) in [6.07, 6.45) is 3.56. The van der Waals surface area contributed by atoms with Gasteiger partial charge in [-0.25, -0.2) is 18.6 Å². The zero-order valence-corrected chi connectivity index (χ0v) is 22.7. The zero-order valence-electron chi connectivity index (χ0n) is 22.7. The molecule has 2 aromatic rings. The van der Waals surface area contributed by atoms with Gasteiger partial charge in [0.2, 0.25) is 11.8 Å². The summed E-state index contributed by atoms with van der Waals surface area (Å²) in [7, 11) is 0. The number of Topliss-reactive ketones (excluding diaryl/α,β-unsaturated/α-hetero) is 1. The van der Waals surface area contributed by atoms with Gasteiger partial charge in [-0.1, -0.05) is 0 Å². The highest BCUT2D eigenvalue weighted by Crippen LogP contribution is 2.26. The Morgan fingerprint density at radius 2 is 1.72 bits per heavy atom. The molecule has 9 nitrogen and oxygen atoms in total. The predicted octanol–water partition coefficient (Wildman–Crippen LogP) is 4.51. The number of aromatic nitrogens is 1. The number of hydrogen-bond donors (Lipinski definition) is 3. The number of alkyl carbamates (subject to hydrolysis) is 1. The number of hydrogen-bond acceptors (Lipinski definition) is 7. The Balaban J connectivity index is 1.44. The van der Waals surface area contributed by atoms with Gasteiger partial charge >= 0.3 is 6.09 Å². The minimum absolute atomic E-state index is 0.00858. The SMILES string of the molecule is CC(NCC1CCC(NC(=O)CNC(=O)OC(C)(C)C)CC1)C(=O)c1cc(F)cnc1Oc1ccc(F)cc1. The Hall–Kier alpha value is -3.60. The van der Waals surface area contributed by atoms with Crippen LogP contribution in [0.15, 0.2) is 36.5 Å². The molecule has 0 spiro atoms. The molecule has 0 saturated heterocycles. The number of carbonyl (C=O) groups excluding carboxylic acids is 3. The molecule has 2 amide bonds. The van der Waals surface area contributed by atoms with Gasteiger partial charge in [0.15, 0.2) is 5.78 Å². The van der Waals surface area contributed by atoms with Crippen molar-refractivity contribution in [2.24, 2.45) is 5.92 Å². The van der Waals surface area contributed by atoms with Crippen LogP contribution in [0.2, 0.25) is 0 Å². The first-order chi connectivity index (χ1) is 18.4. The lowest BCUT2D eigenvalue weighted by Gasteiger charge is -2.30. The smallest absolute Gasteiger partial charge is 0.408 e. The summed E-state index contributed by atoms with van der Waals surface area (Å²) in [6, 6.07) is 5.69. The summed E-state index contributed by atoms with van der Waals surface area (Å²) >= 11 is 0. The number of nitrogens with one attached hydrogen (secondary N) is 3. The first-order valence-corrected chi connectivity index (χ1v) is 13.0. The van der Waals surface area contributed by atoms with Crippen molar-refractivity contribution in [1.29, 1.82) is 0 Å². The molecule has 0 radical (unpaired) electrons. The minimum Gasteiger partial charge on any atom is -0.444 e. The van der Waals surface area contributed by atoms with E-state index in [0.29, 0.717) is 12.5 Å². The van der Waals surface area contributed by atoms with E-state index in [1.54, 1.807) is 27.7 Å². The van der Waals surface area contributed by atoms with Crippen LogP contribution in [0, 0.1) is 17.6 Å². The van der Waals surface area contributed by atoms with Crippen molar-refractivity contribution in [3.8, 4) is 11.6 Å². The van der Waals surface area contributed by atoms with Crippen LogP contribution in [0.3, 0.4) is 0 Å². The number of carbonyl (C=O) groups is 3. The van der Waals surface area contributed by atoms with E-state index in [-0.39, 0.29) is 41.5 Å². The van der Waals surface area contributed by atoms with Crippen molar-refractivity contribution >= 4 is 17.8 Å². The first-order valence-electron chi connectivity index (χ1n) is 13.0. The predicted molar refractivity (Wildman–Crippen MR) is 141 cm³/mol. The number of benzene rings is 1. The second kappa shape index (κ2) is 13.5. The summed E-state index contributed by atoms with van der Waals surface area (Å²) in [4.78, 5) is 40.9. The number of rotatable bonds is 10. The summed E-state index contributed by atoms with van der Waals surface area (Å²) in [6.45, 7) is 7.35. The highest BCUT2D eigenvalue weighted by Gasteiger charge is 2.26. The molecule has 1 aromatic carbocycles. The number of halogens is 2. The van der Waals surface area contributed by atoms with Gasteiger partial charge in [-0.05, 0) is 96.2 Å². The van der Waals surface area contributed by atoms with Crippen molar-refractivity contribution in [3.05, 3.63) is 53.7 Å². The van der Waals surface area contributed by atoms with E-state index >= 15 is 0 Å². The molecule has 1 fully saturated rings. The van der Waals surface area contributed by atoms with E-state index in [4.69, 9.17) is 9.47 Å². The molecule has 1 saturated carbocycles. The normalized spacial score (nSPS) is 18.1. The molecule has 1 atom stereocenters. The van der Waals surface area contributed by atoms with E-state index < -0.39 is 29.4 Å². The highest BCUT2D eigenvalue weighted by molar-refractivity contribution is 6.01. The van der Waals surface area contributed by atoms with Gasteiger partial charge in [0.1, 0.15) is 29.5 Å². The first kappa shape index (κ1) is 29.9. The van der Waals surface area contributed by atoms with Gasteiger partial charge in [-0.3, -0.25) is 9.59 Å². The third-order valence-electron chi connectivity index (χ3n) is 6.22. The third kappa shape index (κ3) is 9.90. The summed E-state index contributed by atoms with van der Waals surface area (Å²) in [5, 5.41) is 8.61. The van der Waals surface area contributed by atoms with Crippen LogP contribution in [0.1, 0.15) is 63.7 Å². The lowest BCUT2D eigenvalue weighted by atomic mass is 9.85. The summed E-state index contributed by atoms with van der Waals surface area (Å²) < 4.78 is 37.9. The average Bonchev–Trinajstić information content (AvgIpc) is 2.88. The lowest BCUT2D eigenvalue weighted by Crippen LogP contribution is -2.45. The van der Waals surface area contributed by atoms with Gasteiger partial charge in [-0.15, -0.1) is 0 Å². The maximum Gasteiger partial charge on any atom is 0.408 e. The quantitative estimate of drug-likeness (QED) is 0.375. The number of pyridine rings is 1. The maximum atomic E-state index is 13.9. The van der Waals surface area contributed by atoms with Gasteiger partial charge in [0.25, 0.3) is 0 Å². The fourth-order valence-electron chi connectivity index (χ4n) is 4.22. The van der Waals surface area contributed by atoms with Crippen molar-refractivity contribution < 1.29 is 32.6 Å². The van der Waals surface area contributed by atoms with E-state index in [1.807, 2.05) is 0 Å². The molecule has 39 heavy (non-hydrogen) atoms. The van der Waals surface area contributed by atoms with Crippen LogP contribution in [0.5, 0.6) is 11.6 Å². The molecule has 1 unspecified atom stereocenters. The van der Waals surface area contributed by atoms with Gasteiger partial charge < -0.3 is 25.4 Å². The molecule has 3 rings (SSSR count). The van der Waals surface area contributed by atoms with Crippen LogP contribution >= 0.6 is 0 Å². The monoisotopic (exact) mass is 546 g/mol. The van der Waals surface area contributed by atoms with Crippen LogP contribution in [0.25, 0.3) is 0 Å². The van der Waals surface area contributed by atoms with Crippen LogP contribution in [-0.2, 0) is 9.53 Å². The zero-order chi connectivity index (χ0) is 28.6. The topological polar surface area (TPSA) is 119 Å². The van der Waals surface area contributed by atoms with Crippen LogP contribution in [0.4, 0.5) is 13.6 Å². The molecule has 0 bridgehead atoms. The highest BCUT2D eigenvalue weighted by atomic mass is 19.1. The summed E-state index contributed by atoms with van der Waals surface area (Å²) in [5.74, 6) is -1.24. The number of ketones is 1. The molecule has 1 aliphatic rings. The van der Waals surface area contributed by atoms with Gasteiger partial charge in [0, 0.05) is 6.04 Å². The second-order valence-corrected chi connectivity index (χ2v) is 10.7. The lowest BCUT2D eigenvalue weighted by molar-refractivity contribution is -0.121. The molecule has 212 valence electrons. The van der Waals surface area contributed by atoms with Crippen molar-refractivity contribution in [2.45, 2.75) is 71.1 Å². The van der Waals surface area contributed by atoms with E-state index in [0.717, 1.165) is 37.9 Å². The van der Waals surface area contributed by atoms with Gasteiger partial charge in [-0.2, -0.15) is 0 Å². The standard InChI is InChI=1S/C28H36F2N4O5/c1-17(25(36)23-13-20(30)15-32-26(23)38-22-11-7-19(29)8-12-22)31-14-18-5-9-21(10-6-18)34-24(35)16-33-27(37)39-28(2,3)4/h7-8,11-13,15,17-18,21,31H,5-6,9-10,14,16H2,1-4H3,(H,33,37)(H,34,35). The Bertz CT molecular complexity index is 1150. The van der Waals surface area contributed by atoms with E-state index in [9.17, 15) is 23.2 Å². The molecule has 1 aliphatic carbocycles. The Morgan fingerprint density at radius 1 is 1.05 bits per heavy atom. The average molecular weight is 547 g/mol. The van der Waals surface area contributed by atoms with Crippen molar-refractivity contribution in [2.75, 3.05) is 13.1 Å². The Morgan fingerprint density at radius 3 is 2.36 bits per heavy atom. The van der Waals surface area contributed by atoms with Gasteiger partial charge in [0.05, 0.1) is 17.8 Å². The molecular weight excluding hydrogens is 510 g/mol. The molecule has 11 heteroatoms. The number of amides is 2. The van der Waals surface area contributed by atoms with E-state index in [2.05, 4.69) is 20.9 Å². The van der Waals surface area contributed by atoms with Crippen molar-refractivity contribution in [3.63, 3.8) is 0 Å². The molecule has 0 aliphatic heterocycles.